The summed E-state index contributed by atoms with van der Waals surface area (Å²) < 4.78 is 0. The average molecular weight is 266 g/mol. The first-order chi connectivity index (χ1) is 9.78. The second kappa shape index (κ2) is 5.68. The Kier molecular flexibility index (Phi) is 3.75. The zero-order valence-electron chi connectivity index (χ0n) is 12.3. The van der Waals surface area contributed by atoms with Crippen LogP contribution in [0.2, 0.25) is 0 Å². The van der Waals surface area contributed by atoms with Crippen LogP contribution in [-0.2, 0) is 13.0 Å². The summed E-state index contributed by atoms with van der Waals surface area (Å²) >= 11 is 0. The zero-order valence-corrected chi connectivity index (χ0v) is 12.3. The summed E-state index contributed by atoms with van der Waals surface area (Å²) in [5, 5.41) is 3.28. The first kappa shape index (κ1) is 13.2. The van der Waals surface area contributed by atoms with Gasteiger partial charge in [-0.15, -0.1) is 0 Å². The molecule has 1 atom stereocenters. The lowest BCUT2D eigenvalue weighted by molar-refractivity contribution is 0.652. The lowest BCUT2D eigenvalue weighted by Crippen LogP contribution is -2.30. The Morgan fingerprint density at radius 2 is 1.70 bits per heavy atom. The van der Waals surface area contributed by atoms with E-state index in [1.165, 1.54) is 22.4 Å². The van der Waals surface area contributed by atoms with Crippen LogP contribution >= 0.6 is 0 Å². The second-order valence-electron chi connectivity index (χ2n) is 5.54. The second-order valence-corrected chi connectivity index (χ2v) is 5.54. The van der Waals surface area contributed by atoms with Crippen LogP contribution in [0.25, 0.3) is 0 Å². The van der Waals surface area contributed by atoms with Crippen molar-refractivity contribution in [1.82, 2.24) is 5.32 Å². The molecule has 1 N–H and O–H groups in total. The van der Waals surface area contributed by atoms with Gasteiger partial charge in [-0.05, 0) is 49.2 Å². The van der Waals surface area contributed by atoms with Crippen molar-refractivity contribution in [1.29, 1.82) is 0 Å². The largest absolute Gasteiger partial charge is 0.367 e. The van der Waals surface area contributed by atoms with Gasteiger partial charge in [0.05, 0.1) is 0 Å². The van der Waals surface area contributed by atoms with Crippen molar-refractivity contribution in [3.8, 4) is 0 Å². The molecule has 2 aromatic carbocycles. The van der Waals surface area contributed by atoms with Crippen LogP contribution in [0.15, 0.2) is 48.5 Å². The highest BCUT2D eigenvalue weighted by Crippen LogP contribution is 2.25. The summed E-state index contributed by atoms with van der Waals surface area (Å²) in [5.41, 5.74) is 5.64. The van der Waals surface area contributed by atoms with Gasteiger partial charge in [0.25, 0.3) is 0 Å². The van der Waals surface area contributed by atoms with Crippen LogP contribution in [0.4, 0.5) is 5.69 Å². The molecule has 0 spiro atoms. The fourth-order valence-electron chi connectivity index (χ4n) is 2.86. The predicted molar refractivity (Wildman–Crippen MR) is 85.1 cm³/mol. The molecule has 0 saturated carbocycles. The Morgan fingerprint density at radius 3 is 2.40 bits per heavy atom. The summed E-state index contributed by atoms with van der Waals surface area (Å²) in [6.07, 6.45) is 1.14. The molecule has 1 heterocycles. The van der Waals surface area contributed by atoms with E-state index in [1.54, 1.807) is 0 Å². The van der Waals surface area contributed by atoms with E-state index in [-0.39, 0.29) is 0 Å². The summed E-state index contributed by atoms with van der Waals surface area (Å²) in [7, 11) is 2.00. The van der Waals surface area contributed by atoms with Crippen molar-refractivity contribution in [2.75, 3.05) is 18.5 Å². The maximum absolute atomic E-state index is 3.28. The molecular formula is C18H22N2. The first-order valence-corrected chi connectivity index (χ1v) is 7.37. The molecule has 0 bridgehead atoms. The molecule has 2 aromatic rings. The minimum atomic E-state index is 0.408. The number of benzene rings is 2. The molecule has 104 valence electrons. The third-order valence-electron chi connectivity index (χ3n) is 4.32. The van der Waals surface area contributed by atoms with Crippen LogP contribution in [-0.4, -0.2) is 13.6 Å². The third-order valence-corrected chi connectivity index (χ3v) is 4.32. The van der Waals surface area contributed by atoms with Crippen molar-refractivity contribution >= 4 is 5.69 Å². The van der Waals surface area contributed by atoms with E-state index < -0.39 is 0 Å². The molecule has 2 nitrogen and oxygen atoms in total. The number of rotatable bonds is 3. The molecule has 1 aliphatic heterocycles. The van der Waals surface area contributed by atoms with Crippen LogP contribution in [0.3, 0.4) is 0 Å². The lowest BCUT2D eigenvalue weighted by atomic mass is 9.99. The Labute approximate surface area is 121 Å². The minimum Gasteiger partial charge on any atom is -0.367 e. The maximum atomic E-state index is 3.28. The molecule has 3 rings (SSSR count). The van der Waals surface area contributed by atoms with Gasteiger partial charge in [0.15, 0.2) is 0 Å². The minimum absolute atomic E-state index is 0.408. The fourth-order valence-corrected chi connectivity index (χ4v) is 2.86. The van der Waals surface area contributed by atoms with Gasteiger partial charge in [-0.1, -0.05) is 36.4 Å². The number of nitrogens with one attached hydrogen (secondary N) is 1. The molecule has 0 amide bonds. The summed E-state index contributed by atoms with van der Waals surface area (Å²) in [4.78, 5) is 2.47. The summed E-state index contributed by atoms with van der Waals surface area (Å²) in [6.45, 7) is 4.32. The van der Waals surface area contributed by atoms with Crippen molar-refractivity contribution in [2.45, 2.75) is 25.9 Å². The van der Waals surface area contributed by atoms with E-state index in [1.807, 2.05) is 7.05 Å². The van der Waals surface area contributed by atoms with E-state index in [4.69, 9.17) is 0 Å². The number of anilines is 1. The number of hydrogen-bond donors (Lipinski definition) is 1. The summed E-state index contributed by atoms with van der Waals surface area (Å²) in [5.74, 6) is 0. The Morgan fingerprint density at radius 1 is 1.00 bits per heavy atom. The van der Waals surface area contributed by atoms with Crippen LogP contribution < -0.4 is 10.2 Å². The van der Waals surface area contributed by atoms with Crippen molar-refractivity contribution < 1.29 is 0 Å². The van der Waals surface area contributed by atoms with Gasteiger partial charge in [-0.3, -0.25) is 0 Å². The number of hydrogen-bond acceptors (Lipinski definition) is 2. The van der Waals surface area contributed by atoms with Gasteiger partial charge >= 0.3 is 0 Å². The lowest BCUT2D eigenvalue weighted by Gasteiger charge is -2.31. The molecule has 0 aromatic heterocycles. The van der Waals surface area contributed by atoms with E-state index in [0.29, 0.717) is 6.04 Å². The van der Waals surface area contributed by atoms with Crippen LogP contribution in [0, 0.1) is 0 Å². The molecule has 0 saturated heterocycles. The maximum Gasteiger partial charge on any atom is 0.0432 e. The highest BCUT2D eigenvalue weighted by Gasteiger charge is 2.16. The smallest absolute Gasteiger partial charge is 0.0432 e. The molecule has 20 heavy (non-hydrogen) atoms. The van der Waals surface area contributed by atoms with Crippen molar-refractivity contribution in [2.24, 2.45) is 0 Å². The molecule has 1 aliphatic rings. The van der Waals surface area contributed by atoms with Gasteiger partial charge in [-0.25, -0.2) is 0 Å². The molecule has 1 unspecified atom stereocenters. The molecule has 0 fully saturated rings. The topological polar surface area (TPSA) is 15.3 Å². The van der Waals surface area contributed by atoms with Gasteiger partial charge in [0.1, 0.15) is 0 Å². The normalized spacial score (nSPS) is 15.8. The predicted octanol–water partition coefficient (Wildman–Crippen LogP) is 3.53. The van der Waals surface area contributed by atoms with Crippen LogP contribution in [0.5, 0.6) is 0 Å². The average Bonchev–Trinajstić information content (AvgIpc) is 2.54. The van der Waals surface area contributed by atoms with Gasteiger partial charge in [-0.2, -0.15) is 0 Å². The molecule has 2 heteroatoms. The number of fused-ring (bicyclic) bond motifs is 1. The number of nitrogens with zero attached hydrogens (tertiary/aromatic N) is 1. The van der Waals surface area contributed by atoms with E-state index in [0.717, 1.165) is 19.5 Å². The standard InChI is InChI=1S/C18H22N2/c1-14(19-2)15-7-9-18(10-8-15)20-12-11-16-5-3-4-6-17(16)13-20/h3-10,14,19H,11-13H2,1-2H3. The first-order valence-electron chi connectivity index (χ1n) is 7.37. The van der Waals surface area contributed by atoms with E-state index in [9.17, 15) is 0 Å². The highest BCUT2D eigenvalue weighted by molar-refractivity contribution is 5.50. The fraction of sp³-hybridized carbons (Fsp3) is 0.333. The third kappa shape index (κ3) is 2.56. The van der Waals surface area contributed by atoms with Gasteiger partial charge in [0.2, 0.25) is 0 Å². The van der Waals surface area contributed by atoms with Gasteiger partial charge in [0, 0.05) is 24.8 Å². The Bertz CT molecular complexity index is 574. The SMILES string of the molecule is CNC(C)c1ccc(N2CCc3ccccc3C2)cc1. The Balaban J connectivity index is 1.78. The van der Waals surface area contributed by atoms with Crippen molar-refractivity contribution in [3.05, 3.63) is 65.2 Å². The zero-order chi connectivity index (χ0) is 13.9. The van der Waals surface area contributed by atoms with E-state index >= 15 is 0 Å². The highest BCUT2D eigenvalue weighted by atomic mass is 15.1. The van der Waals surface area contributed by atoms with Crippen LogP contribution in [0.1, 0.15) is 29.7 Å². The van der Waals surface area contributed by atoms with Gasteiger partial charge < -0.3 is 10.2 Å². The van der Waals surface area contributed by atoms with E-state index in [2.05, 4.69) is 65.7 Å². The van der Waals surface area contributed by atoms with Crippen molar-refractivity contribution in [3.63, 3.8) is 0 Å². The molecular weight excluding hydrogens is 244 g/mol. The summed E-state index contributed by atoms with van der Waals surface area (Å²) in [6, 6.07) is 18.2. The quantitative estimate of drug-likeness (QED) is 0.914. The molecule has 0 aliphatic carbocycles. The monoisotopic (exact) mass is 266 g/mol. The molecule has 0 radical (unpaired) electrons. The Hall–Kier alpha value is -1.80.